The largest absolute Gasteiger partial charge is 0.421 e. The molecular weight excluding hydrogens is 310 g/mol. The molecule has 0 N–H and O–H groups in total. The van der Waals surface area contributed by atoms with Gasteiger partial charge in [-0.2, -0.15) is 0 Å². The molecule has 1 aliphatic rings. The monoisotopic (exact) mass is 325 g/mol. The van der Waals surface area contributed by atoms with Crippen molar-refractivity contribution in [3.8, 4) is 5.75 Å². The van der Waals surface area contributed by atoms with Gasteiger partial charge < -0.3 is 4.74 Å². The van der Waals surface area contributed by atoms with Crippen LogP contribution in [0.2, 0.25) is 0 Å². The van der Waals surface area contributed by atoms with Gasteiger partial charge in [-0.1, -0.05) is 42.5 Å². The Balaban J connectivity index is 1.61. The molecule has 0 fully saturated rings. The van der Waals surface area contributed by atoms with Gasteiger partial charge in [-0.3, -0.25) is 4.98 Å². The lowest BCUT2D eigenvalue weighted by molar-refractivity contribution is 0.0739. The lowest BCUT2D eigenvalue weighted by Gasteiger charge is -2.10. The van der Waals surface area contributed by atoms with Crippen LogP contribution < -0.4 is 4.74 Å². The fourth-order valence-electron chi connectivity index (χ4n) is 3.74. The van der Waals surface area contributed by atoms with Gasteiger partial charge in [0.05, 0.1) is 5.56 Å². The van der Waals surface area contributed by atoms with Gasteiger partial charge in [0.25, 0.3) is 0 Å². The van der Waals surface area contributed by atoms with Gasteiger partial charge in [0, 0.05) is 11.6 Å². The molecule has 3 nitrogen and oxygen atoms in total. The van der Waals surface area contributed by atoms with E-state index in [0.29, 0.717) is 16.8 Å². The number of nitrogens with zero attached hydrogens (tertiary/aromatic N) is 1. The van der Waals surface area contributed by atoms with E-state index in [1.807, 2.05) is 42.5 Å². The third-order valence-electron chi connectivity index (χ3n) is 4.90. The number of rotatable bonds is 2. The van der Waals surface area contributed by atoms with E-state index in [4.69, 9.17) is 4.74 Å². The van der Waals surface area contributed by atoms with Crippen LogP contribution in [0.5, 0.6) is 5.75 Å². The number of aryl methyl sites for hydroxylation is 2. The van der Waals surface area contributed by atoms with Crippen molar-refractivity contribution < 1.29 is 9.53 Å². The smallest absolute Gasteiger partial charge is 0.344 e. The molecule has 5 rings (SSSR count). The van der Waals surface area contributed by atoms with Gasteiger partial charge in [-0.25, -0.2) is 4.79 Å². The minimum absolute atomic E-state index is 0.339. The number of para-hydroxylation sites is 1. The first-order valence-corrected chi connectivity index (χ1v) is 8.41. The van der Waals surface area contributed by atoms with E-state index in [0.717, 1.165) is 23.6 Å². The van der Waals surface area contributed by atoms with E-state index in [9.17, 15) is 4.79 Å². The maximum atomic E-state index is 12.9. The molecule has 25 heavy (non-hydrogen) atoms. The van der Waals surface area contributed by atoms with Crippen LogP contribution >= 0.6 is 0 Å². The van der Waals surface area contributed by atoms with Crippen LogP contribution in [0.25, 0.3) is 21.7 Å². The summed E-state index contributed by atoms with van der Waals surface area (Å²) in [7, 11) is 0. The Morgan fingerprint density at radius 3 is 2.60 bits per heavy atom. The Kier molecular flexibility index (Phi) is 3.07. The van der Waals surface area contributed by atoms with E-state index in [-0.39, 0.29) is 5.97 Å². The molecule has 0 radical (unpaired) electrons. The highest BCUT2D eigenvalue weighted by Gasteiger charge is 2.20. The number of fused-ring (bicyclic) bond motifs is 1. The molecule has 0 bridgehead atoms. The van der Waals surface area contributed by atoms with E-state index >= 15 is 0 Å². The number of ether oxygens (including phenoxy) is 1. The average molecular weight is 325 g/mol. The number of aromatic nitrogens is 1. The second-order valence-corrected chi connectivity index (χ2v) is 6.33. The van der Waals surface area contributed by atoms with Crippen LogP contribution in [0.3, 0.4) is 0 Å². The highest BCUT2D eigenvalue weighted by atomic mass is 16.5. The maximum Gasteiger partial charge on any atom is 0.344 e. The molecule has 120 valence electrons. The molecule has 3 aromatic carbocycles. The zero-order valence-corrected chi connectivity index (χ0v) is 13.5. The van der Waals surface area contributed by atoms with Crippen LogP contribution in [0, 0.1) is 0 Å². The zero-order valence-electron chi connectivity index (χ0n) is 13.5. The number of carbonyl (C=O) groups is 1. The maximum absolute atomic E-state index is 12.9. The van der Waals surface area contributed by atoms with Crippen LogP contribution in [0.4, 0.5) is 0 Å². The van der Waals surface area contributed by atoms with Crippen LogP contribution in [-0.4, -0.2) is 11.0 Å². The van der Waals surface area contributed by atoms with E-state index in [1.54, 1.807) is 12.3 Å². The Bertz CT molecular complexity index is 1130. The van der Waals surface area contributed by atoms with E-state index in [1.165, 1.54) is 16.5 Å². The first-order valence-electron chi connectivity index (χ1n) is 8.41. The average Bonchev–Trinajstić information content (AvgIpc) is 3.07. The van der Waals surface area contributed by atoms with Crippen molar-refractivity contribution >= 4 is 27.6 Å². The molecule has 0 unspecified atom stereocenters. The molecule has 0 aliphatic heterocycles. The van der Waals surface area contributed by atoms with Crippen molar-refractivity contribution in [2.75, 3.05) is 0 Å². The summed E-state index contributed by atoms with van der Waals surface area (Å²) in [6.45, 7) is 0. The van der Waals surface area contributed by atoms with Crippen molar-refractivity contribution in [3.05, 3.63) is 83.6 Å². The first kappa shape index (κ1) is 14.2. The van der Waals surface area contributed by atoms with Crippen LogP contribution in [0.1, 0.15) is 21.5 Å². The molecule has 0 spiro atoms. The molecule has 0 saturated heterocycles. The molecule has 1 aromatic heterocycles. The van der Waals surface area contributed by atoms with E-state index < -0.39 is 0 Å². The predicted octanol–water partition coefficient (Wildman–Crippen LogP) is 4.71. The molecule has 0 atom stereocenters. The van der Waals surface area contributed by atoms with Gasteiger partial charge in [0.2, 0.25) is 0 Å². The van der Waals surface area contributed by atoms with Crippen molar-refractivity contribution in [2.45, 2.75) is 12.8 Å². The zero-order chi connectivity index (χ0) is 16.8. The topological polar surface area (TPSA) is 39.2 Å². The standard InChI is InChI=1S/C22H15NO2/c24-22(25-19-8-2-5-16-6-3-13-23-21(16)19)18-12-11-15-10-9-14-4-1-7-17(18)20(14)15/h1-8,11-13H,9-10H2. The Morgan fingerprint density at radius 2 is 1.68 bits per heavy atom. The van der Waals surface area contributed by atoms with Gasteiger partial charge in [0.1, 0.15) is 5.52 Å². The Labute approximate surface area is 144 Å². The molecule has 3 heteroatoms. The molecule has 1 heterocycles. The van der Waals surface area contributed by atoms with Gasteiger partial charge in [-0.15, -0.1) is 0 Å². The van der Waals surface area contributed by atoms with E-state index in [2.05, 4.69) is 17.1 Å². The molecule has 1 aliphatic carbocycles. The number of hydrogen-bond acceptors (Lipinski definition) is 3. The Hall–Kier alpha value is -3.20. The summed E-state index contributed by atoms with van der Waals surface area (Å²) in [6, 6.07) is 19.5. The predicted molar refractivity (Wildman–Crippen MR) is 98.1 cm³/mol. The second-order valence-electron chi connectivity index (χ2n) is 6.33. The van der Waals surface area contributed by atoms with Crippen molar-refractivity contribution in [1.82, 2.24) is 4.98 Å². The third-order valence-corrected chi connectivity index (χ3v) is 4.90. The first-order chi connectivity index (χ1) is 12.3. The lowest BCUT2D eigenvalue weighted by atomic mass is 10.00. The summed E-state index contributed by atoms with van der Waals surface area (Å²) in [4.78, 5) is 17.2. The second kappa shape index (κ2) is 5.42. The summed E-state index contributed by atoms with van der Waals surface area (Å²) in [5, 5.41) is 3.15. The third kappa shape index (κ3) is 2.20. The van der Waals surface area contributed by atoms with Gasteiger partial charge in [0.15, 0.2) is 5.75 Å². The summed E-state index contributed by atoms with van der Waals surface area (Å²) < 4.78 is 5.72. The van der Waals surface area contributed by atoms with Crippen LogP contribution in [0.15, 0.2) is 66.9 Å². The molecule has 0 amide bonds. The quantitative estimate of drug-likeness (QED) is 0.396. The van der Waals surface area contributed by atoms with Gasteiger partial charge in [-0.05, 0) is 52.9 Å². The number of hydrogen-bond donors (Lipinski definition) is 0. The van der Waals surface area contributed by atoms with Crippen molar-refractivity contribution in [3.63, 3.8) is 0 Å². The number of carbonyl (C=O) groups excluding carboxylic acids is 1. The van der Waals surface area contributed by atoms with Gasteiger partial charge >= 0.3 is 5.97 Å². The summed E-state index contributed by atoms with van der Waals surface area (Å²) in [5.74, 6) is 0.153. The molecule has 0 saturated carbocycles. The van der Waals surface area contributed by atoms with Crippen LogP contribution in [-0.2, 0) is 12.8 Å². The SMILES string of the molecule is O=C(Oc1cccc2cccnc12)c1ccc2c3c(cccc13)CC2. The number of esters is 1. The minimum atomic E-state index is -0.339. The fraction of sp³-hybridized carbons (Fsp3) is 0.0909. The molecular formula is C22H15NO2. The number of benzene rings is 3. The van der Waals surface area contributed by atoms with Crippen molar-refractivity contribution in [2.24, 2.45) is 0 Å². The summed E-state index contributed by atoms with van der Waals surface area (Å²) in [6.07, 6.45) is 3.79. The fourth-order valence-corrected chi connectivity index (χ4v) is 3.74. The normalized spacial score (nSPS) is 12.6. The summed E-state index contributed by atoms with van der Waals surface area (Å²) in [5.41, 5.74) is 3.93. The minimum Gasteiger partial charge on any atom is -0.421 e. The van der Waals surface area contributed by atoms with Crippen molar-refractivity contribution in [1.29, 1.82) is 0 Å². The highest BCUT2D eigenvalue weighted by Crippen LogP contribution is 2.33. The number of pyridine rings is 1. The highest BCUT2D eigenvalue weighted by molar-refractivity contribution is 6.08. The lowest BCUT2D eigenvalue weighted by Crippen LogP contribution is -2.10. The molecule has 4 aromatic rings. The summed E-state index contributed by atoms with van der Waals surface area (Å²) >= 11 is 0. The Morgan fingerprint density at radius 1 is 0.880 bits per heavy atom.